The molecule has 0 saturated carbocycles. The van der Waals surface area contributed by atoms with Crippen molar-refractivity contribution in [1.29, 1.82) is 0 Å². The van der Waals surface area contributed by atoms with Gasteiger partial charge in [-0.1, -0.05) is 72.8 Å². The van der Waals surface area contributed by atoms with Gasteiger partial charge in [0.1, 0.15) is 5.75 Å². The summed E-state index contributed by atoms with van der Waals surface area (Å²) in [6.07, 6.45) is 6.07. The van der Waals surface area contributed by atoms with Gasteiger partial charge in [0.15, 0.2) is 0 Å². The van der Waals surface area contributed by atoms with Crippen molar-refractivity contribution >= 4 is 39.6 Å². The maximum absolute atomic E-state index is 13.1. The minimum atomic E-state index is 0.0979. The molecule has 1 aromatic heterocycles. The highest BCUT2D eigenvalue weighted by molar-refractivity contribution is 6.10. The zero-order valence-corrected chi connectivity index (χ0v) is 31.3. The summed E-state index contributed by atoms with van der Waals surface area (Å²) in [6, 6.07) is 39.5. The molecular weight excluding hydrogens is 667 g/mol. The molecule has 0 spiro atoms. The van der Waals surface area contributed by atoms with Gasteiger partial charge in [0.2, 0.25) is 0 Å². The van der Waals surface area contributed by atoms with E-state index in [1.165, 1.54) is 44.1 Å². The second-order valence-electron chi connectivity index (χ2n) is 15.2. The molecule has 0 bridgehead atoms. The van der Waals surface area contributed by atoms with Crippen molar-refractivity contribution in [1.82, 2.24) is 19.3 Å². The van der Waals surface area contributed by atoms with Gasteiger partial charge in [0.25, 0.3) is 5.91 Å². The van der Waals surface area contributed by atoms with Crippen LogP contribution in [0.15, 0.2) is 114 Å². The molecule has 0 unspecified atom stereocenters. The third-order valence-corrected chi connectivity index (χ3v) is 11.7. The van der Waals surface area contributed by atoms with Crippen molar-refractivity contribution in [2.45, 2.75) is 45.2 Å². The van der Waals surface area contributed by atoms with Crippen molar-refractivity contribution in [3.05, 3.63) is 120 Å². The maximum Gasteiger partial charge on any atom is 0.256 e. The average molecular weight is 716 g/mol. The zero-order valence-electron chi connectivity index (χ0n) is 31.3. The summed E-state index contributed by atoms with van der Waals surface area (Å²) < 4.78 is 8.80. The quantitative estimate of drug-likeness (QED) is 0.126. The fourth-order valence-corrected chi connectivity index (χ4v) is 8.76. The van der Waals surface area contributed by atoms with Crippen molar-refractivity contribution in [2.24, 2.45) is 4.99 Å². The number of nitrogens with zero attached hydrogens (tertiary/aromatic N) is 5. The van der Waals surface area contributed by atoms with Gasteiger partial charge in [-0.15, -0.1) is 0 Å². The molecule has 1 amide bonds. The van der Waals surface area contributed by atoms with Crippen LogP contribution in [0, 0.1) is 6.92 Å². The minimum Gasteiger partial charge on any atom is -0.493 e. The number of ether oxygens (including phenoxy) is 1. The highest BCUT2D eigenvalue weighted by atomic mass is 16.5. The first-order valence-electron chi connectivity index (χ1n) is 19.8. The number of amides is 1. The lowest BCUT2D eigenvalue weighted by atomic mass is 10.0. The Hall–Kier alpha value is -5.24. The third-order valence-electron chi connectivity index (χ3n) is 11.7. The van der Waals surface area contributed by atoms with E-state index >= 15 is 0 Å². The van der Waals surface area contributed by atoms with Crippen LogP contribution in [0.1, 0.15) is 41.6 Å². The lowest BCUT2D eigenvalue weighted by molar-refractivity contribution is 0.0774. The third kappa shape index (κ3) is 6.94. The lowest BCUT2D eigenvalue weighted by Gasteiger charge is -2.34. The number of aliphatic imine (C=N–C) groups is 1. The average Bonchev–Trinajstić information content (AvgIpc) is 3.79. The van der Waals surface area contributed by atoms with Crippen molar-refractivity contribution in [3.63, 3.8) is 0 Å². The Morgan fingerprint density at radius 2 is 1.28 bits per heavy atom. The number of piperazine rings is 1. The van der Waals surface area contributed by atoms with E-state index in [1.807, 2.05) is 30.2 Å². The van der Waals surface area contributed by atoms with Gasteiger partial charge in [-0.2, -0.15) is 0 Å². The first-order valence-corrected chi connectivity index (χ1v) is 19.8. The molecular formula is C47H49N5O2. The standard InChI is InChI=1S/C47H49N5O2/c1-34-29-42-43(48-33-39-15-8-22-51(39)47(42)53)32-46(34)54-28-10-21-50-26-24-49(25-27-50)20-9-23-52-44-18-16-37(35-11-4-2-5-12-35)30-40(44)41-31-38(17-19-45(41)52)36-13-6-3-7-14-36/h2-7,11-14,16-19,29-33,39H,8-10,15,20-28H2,1H3/t39-/m0/s1. The molecule has 9 rings (SSSR count). The van der Waals surface area contributed by atoms with E-state index in [9.17, 15) is 4.79 Å². The number of carbonyl (C=O) groups excluding carboxylic acids is 1. The molecule has 7 heteroatoms. The van der Waals surface area contributed by atoms with Gasteiger partial charge >= 0.3 is 0 Å². The molecule has 0 aliphatic carbocycles. The number of hydrogen-bond donors (Lipinski definition) is 0. The normalized spacial score (nSPS) is 17.6. The molecule has 274 valence electrons. The molecule has 1 atom stereocenters. The molecule has 2 fully saturated rings. The molecule has 6 aromatic rings. The Labute approximate surface area is 318 Å². The van der Waals surface area contributed by atoms with Crippen LogP contribution >= 0.6 is 0 Å². The predicted octanol–water partition coefficient (Wildman–Crippen LogP) is 9.23. The van der Waals surface area contributed by atoms with Crippen LogP contribution in [0.2, 0.25) is 0 Å². The van der Waals surface area contributed by atoms with Crippen LogP contribution in [0.3, 0.4) is 0 Å². The molecule has 3 aliphatic heterocycles. The second-order valence-corrected chi connectivity index (χ2v) is 15.2. The molecule has 2 saturated heterocycles. The zero-order chi connectivity index (χ0) is 36.4. The number of aromatic nitrogens is 1. The van der Waals surface area contributed by atoms with Crippen LogP contribution in [-0.2, 0) is 6.54 Å². The van der Waals surface area contributed by atoms with Gasteiger partial charge in [0.05, 0.1) is 23.9 Å². The highest BCUT2D eigenvalue weighted by Crippen LogP contribution is 2.36. The molecule has 0 radical (unpaired) electrons. The van der Waals surface area contributed by atoms with Crippen molar-refractivity contribution in [2.75, 3.05) is 52.4 Å². The minimum absolute atomic E-state index is 0.0979. The monoisotopic (exact) mass is 715 g/mol. The van der Waals surface area contributed by atoms with Crippen molar-refractivity contribution < 1.29 is 9.53 Å². The van der Waals surface area contributed by atoms with E-state index in [2.05, 4.69) is 111 Å². The van der Waals surface area contributed by atoms with E-state index in [0.29, 0.717) is 12.2 Å². The summed E-state index contributed by atoms with van der Waals surface area (Å²) in [5.41, 5.74) is 10.1. The lowest BCUT2D eigenvalue weighted by Crippen LogP contribution is -2.47. The summed E-state index contributed by atoms with van der Waals surface area (Å²) in [4.78, 5) is 25.0. The highest BCUT2D eigenvalue weighted by Gasteiger charge is 2.32. The van der Waals surface area contributed by atoms with Gasteiger partial charge in [-0.3, -0.25) is 9.79 Å². The number of hydrogen-bond acceptors (Lipinski definition) is 5. The van der Waals surface area contributed by atoms with Gasteiger partial charge in [0, 0.05) is 79.9 Å². The Kier molecular flexibility index (Phi) is 9.75. The Balaban J connectivity index is 0.799. The summed E-state index contributed by atoms with van der Waals surface area (Å²) in [6.45, 7) is 11.0. The Bertz CT molecular complexity index is 2210. The largest absolute Gasteiger partial charge is 0.493 e. The Morgan fingerprint density at radius 1 is 0.667 bits per heavy atom. The van der Waals surface area contributed by atoms with Gasteiger partial charge in [-0.05, 0) is 97.3 Å². The molecule has 0 N–H and O–H groups in total. The first kappa shape index (κ1) is 34.5. The number of carbonyl (C=O) groups is 1. The molecule has 5 aromatic carbocycles. The fraction of sp³-hybridized carbons (Fsp3) is 0.319. The van der Waals surface area contributed by atoms with Crippen LogP contribution in [0.5, 0.6) is 5.75 Å². The van der Waals surface area contributed by atoms with E-state index in [4.69, 9.17) is 9.73 Å². The van der Waals surface area contributed by atoms with E-state index < -0.39 is 0 Å². The van der Waals surface area contributed by atoms with Crippen LogP contribution < -0.4 is 4.74 Å². The predicted molar refractivity (Wildman–Crippen MR) is 221 cm³/mol. The van der Waals surface area contributed by atoms with Gasteiger partial charge in [-0.25, -0.2) is 0 Å². The fourth-order valence-electron chi connectivity index (χ4n) is 8.76. The summed E-state index contributed by atoms with van der Waals surface area (Å²) >= 11 is 0. The number of aryl methyl sites for hydroxylation is 2. The topological polar surface area (TPSA) is 53.3 Å². The van der Waals surface area contributed by atoms with Crippen LogP contribution in [0.4, 0.5) is 5.69 Å². The second kappa shape index (κ2) is 15.2. The SMILES string of the molecule is Cc1cc2c(cc1OCCCN1CCN(CCCn3c4ccc(-c5ccccc5)cc4c4cc(-c5ccccc5)ccc43)CC1)N=C[C@@H]1CCCN1C2=O. The molecule has 4 heterocycles. The smallest absolute Gasteiger partial charge is 0.256 e. The summed E-state index contributed by atoms with van der Waals surface area (Å²) in [5.74, 6) is 0.933. The van der Waals surface area contributed by atoms with E-state index in [1.54, 1.807) is 0 Å². The van der Waals surface area contributed by atoms with E-state index in [-0.39, 0.29) is 11.9 Å². The summed E-state index contributed by atoms with van der Waals surface area (Å²) in [7, 11) is 0. The first-order chi connectivity index (χ1) is 26.6. The summed E-state index contributed by atoms with van der Waals surface area (Å²) in [5, 5.41) is 2.64. The van der Waals surface area contributed by atoms with Crippen LogP contribution in [-0.4, -0.2) is 89.9 Å². The van der Waals surface area contributed by atoms with Crippen molar-refractivity contribution in [3.8, 4) is 28.0 Å². The Morgan fingerprint density at radius 3 is 1.91 bits per heavy atom. The van der Waals surface area contributed by atoms with E-state index in [0.717, 1.165) is 95.0 Å². The molecule has 7 nitrogen and oxygen atoms in total. The number of fused-ring (bicyclic) bond motifs is 5. The number of benzene rings is 5. The van der Waals surface area contributed by atoms with Crippen LogP contribution in [0.25, 0.3) is 44.1 Å². The number of rotatable bonds is 11. The maximum atomic E-state index is 13.1. The van der Waals surface area contributed by atoms with Gasteiger partial charge < -0.3 is 24.0 Å². The molecule has 54 heavy (non-hydrogen) atoms. The molecule has 3 aliphatic rings.